The molecule has 0 aromatic carbocycles. The lowest BCUT2D eigenvalue weighted by molar-refractivity contribution is 0.134. The van der Waals surface area contributed by atoms with Crippen LogP contribution in [0.4, 0.5) is 0 Å². The van der Waals surface area contributed by atoms with Gasteiger partial charge in [0.15, 0.2) is 0 Å². The van der Waals surface area contributed by atoms with Gasteiger partial charge in [-0.25, -0.2) is 13.1 Å². The van der Waals surface area contributed by atoms with Crippen molar-refractivity contribution in [1.29, 1.82) is 0 Å². The molecule has 2 rings (SSSR count). The molecule has 18 heavy (non-hydrogen) atoms. The smallest absolute Gasteiger partial charge is 0.250 e. The molecule has 1 aromatic heterocycles. The first kappa shape index (κ1) is 14.7. The van der Waals surface area contributed by atoms with Gasteiger partial charge < -0.3 is 5.11 Å². The van der Waals surface area contributed by atoms with Crippen molar-refractivity contribution >= 4 is 48.9 Å². The Hall–Kier alpha value is 0.340. The van der Waals surface area contributed by atoms with E-state index in [4.69, 9.17) is 11.6 Å². The predicted octanol–water partition coefficient (Wildman–Crippen LogP) is 2.60. The summed E-state index contributed by atoms with van der Waals surface area (Å²) in [7, 11) is -3.53. The zero-order chi connectivity index (χ0) is 13.3. The molecule has 0 bridgehead atoms. The third-order valence-corrected chi connectivity index (χ3v) is 7.41. The van der Waals surface area contributed by atoms with Gasteiger partial charge in [-0.15, -0.1) is 11.3 Å². The van der Waals surface area contributed by atoms with E-state index in [1.807, 2.05) is 0 Å². The Morgan fingerprint density at radius 2 is 2.28 bits per heavy atom. The van der Waals surface area contributed by atoms with Crippen molar-refractivity contribution in [3.8, 4) is 0 Å². The maximum atomic E-state index is 12.0. The minimum atomic E-state index is -3.53. The number of halogens is 2. The van der Waals surface area contributed by atoms with Crippen LogP contribution in [0.2, 0.25) is 5.02 Å². The Morgan fingerprint density at radius 1 is 1.56 bits per heavy atom. The second kappa shape index (κ2) is 5.76. The highest BCUT2D eigenvalue weighted by atomic mass is 79.9. The zero-order valence-electron chi connectivity index (χ0n) is 9.40. The molecule has 2 atom stereocenters. The number of sulfonamides is 1. The van der Waals surface area contributed by atoms with Crippen LogP contribution in [-0.4, -0.2) is 26.2 Å². The summed E-state index contributed by atoms with van der Waals surface area (Å²) in [6.45, 7) is 0.274. The van der Waals surface area contributed by atoms with Gasteiger partial charge in [-0.2, -0.15) is 0 Å². The molecule has 102 valence electrons. The molecular weight excluding hydrogens is 362 g/mol. The van der Waals surface area contributed by atoms with E-state index < -0.39 is 16.1 Å². The zero-order valence-corrected chi connectivity index (χ0v) is 13.4. The monoisotopic (exact) mass is 373 g/mol. The fourth-order valence-electron chi connectivity index (χ4n) is 2.00. The van der Waals surface area contributed by atoms with Crippen molar-refractivity contribution in [1.82, 2.24) is 4.72 Å². The molecule has 0 spiro atoms. The van der Waals surface area contributed by atoms with Crippen LogP contribution >= 0.6 is 38.9 Å². The third kappa shape index (κ3) is 3.26. The van der Waals surface area contributed by atoms with E-state index in [1.54, 1.807) is 0 Å². The molecule has 8 heteroatoms. The molecule has 4 nitrogen and oxygen atoms in total. The summed E-state index contributed by atoms with van der Waals surface area (Å²) >= 11 is 10.1. The standard InChI is InChI=1S/C10H13BrClNO3S2/c11-10-7(12)4-9(17-10)18(15,16)13-5-6-2-1-3-8(6)14/h4,6,8,13-14H,1-3,5H2. The lowest BCUT2D eigenvalue weighted by atomic mass is 10.1. The van der Waals surface area contributed by atoms with Gasteiger partial charge in [0.05, 0.1) is 14.9 Å². The molecule has 0 radical (unpaired) electrons. The first-order valence-electron chi connectivity index (χ1n) is 5.52. The molecule has 2 unspecified atom stereocenters. The molecule has 1 aliphatic rings. The highest BCUT2D eigenvalue weighted by Crippen LogP contribution is 2.34. The minimum absolute atomic E-state index is 0.0126. The molecule has 1 fully saturated rings. The summed E-state index contributed by atoms with van der Waals surface area (Å²) in [5.74, 6) is 0.0126. The van der Waals surface area contributed by atoms with Gasteiger partial charge in [0.2, 0.25) is 10.0 Å². The first-order chi connectivity index (χ1) is 8.40. The second-order valence-electron chi connectivity index (χ2n) is 4.30. The maximum absolute atomic E-state index is 12.0. The molecule has 1 saturated carbocycles. The van der Waals surface area contributed by atoms with Crippen LogP contribution in [0.1, 0.15) is 19.3 Å². The summed E-state index contributed by atoms with van der Waals surface area (Å²) < 4.78 is 27.3. The van der Waals surface area contributed by atoms with Crippen LogP contribution in [0.25, 0.3) is 0 Å². The molecule has 1 aliphatic carbocycles. The molecule has 2 N–H and O–H groups in total. The Kier molecular flexibility index (Phi) is 4.72. The number of nitrogens with one attached hydrogen (secondary N) is 1. The molecule has 0 amide bonds. The van der Waals surface area contributed by atoms with Crippen molar-refractivity contribution in [3.05, 3.63) is 14.9 Å². The largest absolute Gasteiger partial charge is 0.393 e. The summed E-state index contributed by atoms with van der Waals surface area (Å²) in [4.78, 5) is 0. The van der Waals surface area contributed by atoms with Gasteiger partial charge in [0, 0.05) is 6.54 Å². The highest BCUT2D eigenvalue weighted by Gasteiger charge is 2.27. The average Bonchev–Trinajstić information content (AvgIpc) is 2.84. The van der Waals surface area contributed by atoms with E-state index >= 15 is 0 Å². The van der Waals surface area contributed by atoms with Gasteiger partial charge in [0.25, 0.3) is 0 Å². The first-order valence-corrected chi connectivity index (χ1v) is 9.00. The molecule has 1 aromatic rings. The van der Waals surface area contributed by atoms with Crippen LogP contribution in [-0.2, 0) is 10.0 Å². The number of rotatable bonds is 4. The lowest BCUT2D eigenvalue weighted by Gasteiger charge is -2.14. The average molecular weight is 375 g/mol. The van der Waals surface area contributed by atoms with Crippen molar-refractivity contribution in [2.45, 2.75) is 29.6 Å². The van der Waals surface area contributed by atoms with Crippen LogP contribution in [0.5, 0.6) is 0 Å². The van der Waals surface area contributed by atoms with Gasteiger partial charge in [-0.3, -0.25) is 0 Å². The summed E-state index contributed by atoms with van der Waals surface area (Å²) in [6.07, 6.45) is 2.16. The van der Waals surface area contributed by atoms with Crippen molar-refractivity contribution < 1.29 is 13.5 Å². The lowest BCUT2D eigenvalue weighted by Crippen LogP contribution is -2.32. The fraction of sp³-hybridized carbons (Fsp3) is 0.600. The van der Waals surface area contributed by atoms with Crippen LogP contribution in [0, 0.1) is 5.92 Å². The number of aliphatic hydroxyl groups excluding tert-OH is 1. The molecule has 0 aliphatic heterocycles. The predicted molar refractivity (Wildman–Crippen MR) is 75.6 cm³/mol. The highest BCUT2D eigenvalue weighted by molar-refractivity contribution is 9.11. The maximum Gasteiger partial charge on any atom is 0.250 e. The van der Waals surface area contributed by atoms with Gasteiger partial charge in [0.1, 0.15) is 4.21 Å². The Labute approximate surface area is 124 Å². The number of hydrogen-bond donors (Lipinski definition) is 2. The van der Waals surface area contributed by atoms with Crippen LogP contribution < -0.4 is 4.72 Å². The Bertz CT molecular complexity index is 512. The summed E-state index contributed by atoms with van der Waals surface area (Å²) in [6, 6.07) is 1.42. The molecule has 0 saturated heterocycles. The van der Waals surface area contributed by atoms with Crippen molar-refractivity contribution in [2.24, 2.45) is 5.92 Å². The van der Waals surface area contributed by atoms with E-state index in [9.17, 15) is 13.5 Å². The summed E-state index contributed by atoms with van der Waals surface area (Å²) in [5.41, 5.74) is 0. The van der Waals surface area contributed by atoms with E-state index in [2.05, 4.69) is 20.7 Å². The minimum Gasteiger partial charge on any atom is -0.393 e. The number of aliphatic hydroxyl groups is 1. The van der Waals surface area contributed by atoms with E-state index in [0.29, 0.717) is 8.81 Å². The Balaban J connectivity index is 2.03. The van der Waals surface area contributed by atoms with Gasteiger partial charge >= 0.3 is 0 Å². The van der Waals surface area contributed by atoms with Crippen LogP contribution in [0.15, 0.2) is 14.1 Å². The number of thiophene rings is 1. The SMILES string of the molecule is O=S(=O)(NCC1CCCC1O)c1cc(Cl)c(Br)s1. The third-order valence-electron chi connectivity index (χ3n) is 3.04. The van der Waals surface area contributed by atoms with Crippen molar-refractivity contribution in [2.75, 3.05) is 6.54 Å². The quantitative estimate of drug-likeness (QED) is 0.851. The molecular formula is C10H13BrClNO3S2. The number of hydrogen-bond acceptors (Lipinski definition) is 4. The summed E-state index contributed by atoms with van der Waals surface area (Å²) in [5, 5.41) is 10.0. The van der Waals surface area contributed by atoms with Crippen LogP contribution in [0.3, 0.4) is 0 Å². The normalized spacial score (nSPS) is 24.6. The van der Waals surface area contributed by atoms with Gasteiger partial charge in [-0.1, -0.05) is 18.0 Å². The van der Waals surface area contributed by atoms with Crippen molar-refractivity contribution in [3.63, 3.8) is 0 Å². The van der Waals surface area contributed by atoms with E-state index in [0.717, 1.165) is 30.6 Å². The van der Waals surface area contributed by atoms with E-state index in [1.165, 1.54) is 6.07 Å². The van der Waals surface area contributed by atoms with E-state index in [-0.39, 0.29) is 16.7 Å². The molecule has 1 heterocycles. The Morgan fingerprint density at radius 3 is 2.78 bits per heavy atom. The topological polar surface area (TPSA) is 66.4 Å². The van der Waals surface area contributed by atoms with Gasteiger partial charge in [-0.05, 0) is 40.8 Å². The second-order valence-corrected chi connectivity index (χ2v) is 9.07. The fourth-order valence-corrected chi connectivity index (χ4v) is 5.54.